The highest BCUT2D eigenvalue weighted by atomic mass is 32.1. The van der Waals surface area contributed by atoms with E-state index >= 15 is 0 Å². The minimum absolute atomic E-state index is 1.11. The van der Waals surface area contributed by atoms with Crippen LogP contribution < -0.4 is 4.90 Å². The molecule has 11 rings (SSSR count). The molecule has 0 aliphatic rings. The van der Waals surface area contributed by atoms with Crippen molar-refractivity contribution < 1.29 is 0 Å². The summed E-state index contributed by atoms with van der Waals surface area (Å²) in [5.41, 5.74) is 10.7. The van der Waals surface area contributed by atoms with Crippen molar-refractivity contribution in [1.82, 2.24) is 0 Å². The van der Waals surface area contributed by atoms with Gasteiger partial charge in [-0.25, -0.2) is 0 Å². The first-order valence-corrected chi connectivity index (χ1v) is 20.3. The highest BCUT2D eigenvalue weighted by Gasteiger charge is 2.17. The van der Waals surface area contributed by atoms with Crippen LogP contribution in [0, 0.1) is 0 Å². The van der Waals surface area contributed by atoms with Crippen LogP contribution in [0.15, 0.2) is 200 Å². The number of rotatable bonds is 6. The molecule has 0 atom stereocenters. The molecular formula is C52H33NS2. The molecule has 0 N–H and O–H groups in total. The van der Waals surface area contributed by atoms with E-state index in [-0.39, 0.29) is 0 Å². The molecule has 0 radical (unpaired) electrons. The molecule has 2 heterocycles. The van der Waals surface area contributed by atoms with E-state index in [1.807, 2.05) is 22.7 Å². The van der Waals surface area contributed by atoms with Gasteiger partial charge in [0.05, 0.1) is 0 Å². The van der Waals surface area contributed by atoms with Gasteiger partial charge in [0, 0.05) is 57.4 Å². The zero-order valence-corrected chi connectivity index (χ0v) is 31.4. The third kappa shape index (κ3) is 5.51. The molecule has 11 aromatic rings. The standard InChI is InChI=1S/C52H33NS2/c1-2-10-34(11-3-1)35-20-26-40(27-21-35)53(42-14-8-13-39(32-42)44-17-9-19-48-52(44)45-16-6-7-18-47(45)54-48)41-28-22-36(23-29-41)38-24-30-46-50(33-38)55-49-31-25-37-12-4-5-15-43(37)51(46)49/h1-33H. The third-order valence-corrected chi connectivity index (χ3v) is 13.1. The topological polar surface area (TPSA) is 3.24 Å². The van der Waals surface area contributed by atoms with E-state index in [0.29, 0.717) is 0 Å². The van der Waals surface area contributed by atoms with Crippen LogP contribution >= 0.6 is 22.7 Å². The summed E-state index contributed by atoms with van der Waals surface area (Å²) >= 11 is 3.75. The molecule has 0 amide bonds. The van der Waals surface area contributed by atoms with Gasteiger partial charge >= 0.3 is 0 Å². The van der Waals surface area contributed by atoms with Crippen LogP contribution in [0.25, 0.3) is 84.5 Å². The van der Waals surface area contributed by atoms with Crippen LogP contribution in [0.3, 0.4) is 0 Å². The first-order valence-electron chi connectivity index (χ1n) is 18.7. The van der Waals surface area contributed by atoms with E-state index in [4.69, 9.17) is 0 Å². The van der Waals surface area contributed by atoms with Gasteiger partial charge in [0.2, 0.25) is 0 Å². The van der Waals surface area contributed by atoms with Gasteiger partial charge in [0.15, 0.2) is 0 Å². The fourth-order valence-corrected chi connectivity index (χ4v) is 10.5. The van der Waals surface area contributed by atoms with Gasteiger partial charge < -0.3 is 4.90 Å². The minimum Gasteiger partial charge on any atom is -0.310 e. The van der Waals surface area contributed by atoms with Crippen LogP contribution in [-0.4, -0.2) is 0 Å². The van der Waals surface area contributed by atoms with Crippen molar-refractivity contribution in [2.24, 2.45) is 0 Å². The number of hydrogen-bond acceptors (Lipinski definition) is 3. The highest BCUT2D eigenvalue weighted by Crippen LogP contribution is 2.44. The van der Waals surface area contributed by atoms with Crippen molar-refractivity contribution in [2.45, 2.75) is 0 Å². The molecule has 0 spiro atoms. The van der Waals surface area contributed by atoms with E-state index < -0.39 is 0 Å². The highest BCUT2D eigenvalue weighted by molar-refractivity contribution is 7.26. The third-order valence-electron chi connectivity index (χ3n) is 10.9. The van der Waals surface area contributed by atoms with Crippen molar-refractivity contribution in [3.63, 3.8) is 0 Å². The second-order valence-corrected chi connectivity index (χ2v) is 16.3. The maximum absolute atomic E-state index is 2.38. The van der Waals surface area contributed by atoms with Gasteiger partial charge in [-0.15, -0.1) is 22.7 Å². The molecule has 55 heavy (non-hydrogen) atoms. The molecule has 0 unspecified atom stereocenters. The average Bonchev–Trinajstić information content (AvgIpc) is 3.83. The van der Waals surface area contributed by atoms with Gasteiger partial charge in [-0.2, -0.15) is 0 Å². The summed E-state index contributed by atoms with van der Waals surface area (Å²) in [5, 5.41) is 7.94. The van der Waals surface area contributed by atoms with E-state index in [9.17, 15) is 0 Å². The number of anilines is 3. The largest absolute Gasteiger partial charge is 0.310 e. The molecule has 0 saturated carbocycles. The van der Waals surface area contributed by atoms with Crippen molar-refractivity contribution in [1.29, 1.82) is 0 Å². The fraction of sp³-hybridized carbons (Fsp3) is 0. The Morgan fingerprint density at radius 1 is 0.291 bits per heavy atom. The Balaban J connectivity index is 1.01. The lowest BCUT2D eigenvalue weighted by Crippen LogP contribution is -2.10. The Kier molecular flexibility index (Phi) is 7.61. The maximum atomic E-state index is 2.38. The molecular weight excluding hydrogens is 703 g/mol. The lowest BCUT2D eigenvalue weighted by atomic mass is 9.98. The summed E-state index contributed by atoms with van der Waals surface area (Å²) in [7, 11) is 0. The van der Waals surface area contributed by atoms with Gasteiger partial charge in [-0.05, 0) is 105 Å². The molecule has 0 aliphatic heterocycles. The van der Waals surface area contributed by atoms with Crippen molar-refractivity contribution >= 4 is 90.9 Å². The second-order valence-electron chi connectivity index (χ2n) is 14.1. The summed E-state index contributed by atoms with van der Waals surface area (Å²) in [5.74, 6) is 0. The smallest absolute Gasteiger partial charge is 0.0467 e. The fourth-order valence-electron chi connectivity index (χ4n) is 8.24. The van der Waals surface area contributed by atoms with Gasteiger partial charge in [-0.3, -0.25) is 0 Å². The quantitative estimate of drug-likeness (QED) is 0.164. The normalized spacial score (nSPS) is 11.6. The molecule has 2 aromatic heterocycles. The number of benzene rings is 9. The van der Waals surface area contributed by atoms with Crippen LogP contribution in [-0.2, 0) is 0 Å². The lowest BCUT2D eigenvalue weighted by Gasteiger charge is -2.26. The molecule has 3 heteroatoms. The van der Waals surface area contributed by atoms with E-state index in [1.54, 1.807) is 0 Å². The van der Waals surface area contributed by atoms with Gasteiger partial charge in [-0.1, -0.05) is 140 Å². The molecule has 1 nitrogen and oxygen atoms in total. The molecule has 9 aromatic carbocycles. The van der Waals surface area contributed by atoms with Crippen molar-refractivity contribution in [3.8, 4) is 33.4 Å². The summed E-state index contributed by atoms with van der Waals surface area (Å²) in [6.45, 7) is 0. The zero-order chi connectivity index (χ0) is 36.3. The molecule has 0 saturated heterocycles. The molecule has 258 valence electrons. The predicted molar refractivity (Wildman–Crippen MR) is 241 cm³/mol. The van der Waals surface area contributed by atoms with Crippen molar-refractivity contribution in [2.75, 3.05) is 4.90 Å². The Morgan fingerprint density at radius 3 is 1.69 bits per heavy atom. The van der Waals surface area contributed by atoms with Crippen molar-refractivity contribution in [3.05, 3.63) is 200 Å². The van der Waals surface area contributed by atoms with Crippen LogP contribution in [0.2, 0.25) is 0 Å². The number of hydrogen-bond donors (Lipinski definition) is 0. The van der Waals surface area contributed by atoms with E-state index in [2.05, 4.69) is 205 Å². The van der Waals surface area contributed by atoms with Crippen LogP contribution in [0.1, 0.15) is 0 Å². The number of thiophene rings is 2. The average molecular weight is 736 g/mol. The van der Waals surface area contributed by atoms with E-state index in [0.717, 1.165) is 17.1 Å². The zero-order valence-electron chi connectivity index (χ0n) is 29.8. The first-order chi connectivity index (χ1) is 27.2. The Bertz CT molecular complexity index is 3190. The number of fused-ring (bicyclic) bond motifs is 8. The summed E-state index contributed by atoms with van der Waals surface area (Å²) < 4.78 is 5.29. The van der Waals surface area contributed by atoms with Gasteiger partial charge in [0.1, 0.15) is 0 Å². The number of nitrogens with zero attached hydrogens (tertiary/aromatic N) is 1. The van der Waals surface area contributed by atoms with Gasteiger partial charge in [0.25, 0.3) is 0 Å². The second kappa shape index (κ2) is 13.1. The summed E-state index contributed by atoms with van der Waals surface area (Å²) in [4.78, 5) is 2.38. The Morgan fingerprint density at radius 2 is 0.873 bits per heavy atom. The van der Waals surface area contributed by atoms with E-state index in [1.165, 1.54) is 84.5 Å². The molecule has 0 bridgehead atoms. The summed E-state index contributed by atoms with van der Waals surface area (Å²) in [6.07, 6.45) is 0. The predicted octanol–water partition coefficient (Wildman–Crippen LogP) is 16.0. The molecule has 0 aliphatic carbocycles. The SMILES string of the molecule is c1ccc(-c2ccc(N(c3ccc(-c4ccc5c(c4)sc4ccc6ccccc6c45)cc3)c3cccc(-c4cccc5sc6ccccc6c45)c3)cc2)cc1. The maximum Gasteiger partial charge on any atom is 0.0467 e. The Hall–Kier alpha value is -6.52. The minimum atomic E-state index is 1.11. The monoisotopic (exact) mass is 735 g/mol. The first kappa shape index (κ1) is 32.0. The molecule has 0 fully saturated rings. The van der Waals surface area contributed by atoms with Crippen LogP contribution in [0.5, 0.6) is 0 Å². The Labute approximate surface area is 327 Å². The van der Waals surface area contributed by atoms with Crippen LogP contribution in [0.4, 0.5) is 17.1 Å². The lowest BCUT2D eigenvalue weighted by molar-refractivity contribution is 1.28. The summed E-state index contributed by atoms with van der Waals surface area (Å²) in [6, 6.07) is 73.3.